The topological polar surface area (TPSA) is 29.5 Å². The van der Waals surface area contributed by atoms with E-state index in [9.17, 15) is 0 Å². The van der Waals surface area contributed by atoms with E-state index in [0.29, 0.717) is 12.5 Å². The van der Waals surface area contributed by atoms with Crippen LogP contribution in [0, 0.1) is 5.92 Å². The first-order chi connectivity index (χ1) is 4.54. The van der Waals surface area contributed by atoms with Crippen LogP contribution in [-0.4, -0.2) is 23.9 Å². The van der Waals surface area contributed by atoms with E-state index in [4.69, 9.17) is 9.84 Å². The van der Waals surface area contributed by atoms with Gasteiger partial charge < -0.3 is 9.84 Å². The summed E-state index contributed by atoms with van der Waals surface area (Å²) >= 11 is 0. The van der Waals surface area contributed by atoms with Crippen LogP contribution in [0.4, 0.5) is 0 Å². The van der Waals surface area contributed by atoms with Crippen LogP contribution in [0.15, 0.2) is 0 Å². The molecular formula is C8H18O2. The van der Waals surface area contributed by atoms with Crippen molar-refractivity contribution in [2.45, 2.75) is 39.9 Å². The van der Waals surface area contributed by atoms with E-state index in [0.717, 1.165) is 0 Å². The number of rotatable bonds is 4. The predicted molar refractivity (Wildman–Crippen MR) is 41.9 cm³/mol. The fourth-order valence-corrected chi connectivity index (χ4v) is 0.483. The van der Waals surface area contributed by atoms with E-state index in [-0.39, 0.29) is 12.2 Å². The summed E-state index contributed by atoms with van der Waals surface area (Å²) in [5.74, 6) is 0.527. The second kappa shape index (κ2) is 4.69. The fraction of sp³-hybridized carbons (Fsp3) is 1.00. The molecule has 62 valence electrons. The van der Waals surface area contributed by atoms with Crippen LogP contribution in [-0.2, 0) is 4.74 Å². The Hall–Kier alpha value is -0.0800. The summed E-state index contributed by atoms with van der Waals surface area (Å²) in [4.78, 5) is 0. The van der Waals surface area contributed by atoms with Gasteiger partial charge in [0, 0.05) is 0 Å². The van der Waals surface area contributed by atoms with Crippen LogP contribution >= 0.6 is 0 Å². The van der Waals surface area contributed by atoms with Gasteiger partial charge in [-0.05, 0) is 19.8 Å². The maximum absolute atomic E-state index is 8.86. The molecule has 1 N–H and O–H groups in total. The van der Waals surface area contributed by atoms with Gasteiger partial charge in [-0.3, -0.25) is 0 Å². The molecule has 0 aromatic rings. The van der Waals surface area contributed by atoms with Gasteiger partial charge in [-0.1, -0.05) is 13.8 Å². The van der Waals surface area contributed by atoms with Gasteiger partial charge in [0.25, 0.3) is 0 Å². The quantitative estimate of drug-likeness (QED) is 0.650. The maximum Gasteiger partial charge on any atom is 0.0745 e. The Labute approximate surface area is 63.2 Å². The third kappa shape index (κ3) is 4.77. The lowest BCUT2D eigenvalue weighted by molar-refractivity contribution is -0.0137. The molecule has 0 radical (unpaired) electrons. The summed E-state index contributed by atoms with van der Waals surface area (Å²) in [5, 5.41) is 8.86. The van der Waals surface area contributed by atoms with E-state index >= 15 is 0 Å². The van der Waals surface area contributed by atoms with E-state index in [1.165, 1.54) is 0 Å². The van der Waals surface area contributed by atoms with Gasteiger partial charge in [0.1, 0.15) is 0 Å². The third-order valence-corrected chi connectivity index (χ3v) is 1.54. The van der Waals surface area contributed by atoms with Gasteiger partial charge in [0.2, 0.25) is 0 Å². The summed E-state index contributed by atoms with van der Waals surface area (Å²) in [6, 6.07) is 0. The minimum absolute atomic E-state index is 0.245. The monoisotopic (exact) mass is 146 g/mol. The molecule has 0 rings (SSSR count). The lowest BCUT2D eigenvalue weighted by Crippen LogP contribution is -2.21. The highest BCUT2D eigenvalue weighted by Crippen LogP contribution is 2.04. The van der Waals surface area contributed by atoms with Crippen molar-refractivity contribution >= 4 is 0 Å². The van der Waals surface area contributed by atoms with Crippen molar-refractivity contribution in [3.63, 3.8) is 0 Å². The Bertz CT molecular complexity index is 79.3. The van der Waals surface area contributed by atoms with E-state index in [1.54, 1.807) is 6.92 Å². The van der Waals surface area contributed by atoms with Gasteiger partial charge in [-0.2, -0.15) is 0 Å². The van der Waals surface area contributed by atoms with Crippen molar-refractivity contribution in [3.05, 3.63) is 0 Å². The van der Waals surface area contributed by atoms with Gasteiger partial charge in [0.15, 0.2) is 0 Å². The number of aliphatic hydroxyl groups is 1. The fourth-order valence-electron chi connectivity index (χ4n) is 0.483. The first-order valence-corrected chi connectivity index (χ1v) is 3.83. The second-order valence-electron chi connectivity index (χ2n) is 3.13. The van der Waals surface area contributed by atoms with Gasteiger partial charge >= 0.3 is 0 Å². The van der Waals surface area contributed by atoms with Gasteiger partial charge in [-0.25, -0.2) is 0 Å². The largest absolute Gasteiger partial charge is 0.391 e. The summed E-state index contributed by atoms with van der Waals surface area (Å²) in [5.41, 5.74) is 0. The van der Waals surface area contributed by atoms with E-state index in [2.05, 4.69) is 13.8 Å². The molecule has 10 heavy (non-hydrogen) atoms. The highest BCUT2D eigenvalue weighted by atomic mass is 16.5. The zero-order valence-electron chi connectivity index (χ0n) is 7.29. The summed E-state index contributed by atoms with van der Waals surface area (Å²) in [7, 11) is 0. The predicted octanol–water partition coefficient (Wildman–Crippen LogP) is 1.43. The first kappa shape index (κ1) is 9.92. The normalized spacial score (nSPS) is 17.4. The van der Waals surface area contributed by atoms with Crippen LogP contribution in [0.3, 0.4) is 0 Å². The molecule has 2 heteroatoms. The molecule has 0 fully saturated rings. The zero-order valence-corrected chi connectivity index (χ0v) is 7.29. The van der Waals surface area contributed by atoms with Crippen LogP contribution in [0.1, 0.15) is 27.7 Å². The van der Waals surface area contributed by atoms with Crippen molar-refractivity contribution in [3.8, 4) is 0 Å². The molecule has 0 heterocycles. The standard InChI is InChI=1S/C8H18O2/c1-6(2)8(4)10-5-7(3)9/h6-9H,5H2,1-4H3. The smallest absolute Gasteiger partial charge is 0.0745 e. The molecule has 2 atom stereocenters. The third-order valence-electron chi connectivity index (χ3n) is 1.54. The van der Waals surface area contributed by atoms with Crippen LogP contribution in [0.25, 0.3) is 0 Å². The molecule has 0 aromatic heterocycles. The molecule has 0 aromatic carbocycles. The average molecular weight is 146 g/mol. The molecule has 2 unspecified atom stereocenters. The van der Waals surface area contributed by atoms with Crippen molar-refractivity contribution in [2.75, 3.05) is 6.61 Å². The molecule has 0 spiro atoms. The first-order valence-electron chi connectivity index (χ1n) is 3.83. The lowest BCUT2D eigenvalue weighted by Gasteiger charge is -2.17. The van der Waals surface area contributed by atoms with Gasteiger partial charge in [0.05, 0.1) is 18.8 Å². The maximum atomic E-state index is 8.86. The van der Waals surface area contributed by atoms with Crippen molar-refractivity contribution in [1.29, 1.82) is 0 Å². The van der Waals surface area contributed by atoms with Crippen LogP contribution in [0.2, 0.25) is 0 Å². The van der Waals surface area contributed by atoms with Gasteiger partial charge in [-0.15, -0.1) is 0 Å². The molecule has 0 aliphatic carbocycles. The number of hydrogen-bond donors (Lipinski definition) is 1. The molecule has 0 bridgehead atoms. The Balaban J connectivity index is 3.30. The molecule has 0 aliphatic rings. The van der Waals surface area contributed by atoms with E-state index in [1.807, 2.05) is 6.92 Å². The minimum atomic E-state index is -0.346. The van der Waals surface area contributed by atoms with E-state index < -0.39 is 0 Å². The summed E-state index contributed by atoms with van der Waals surface area (Å²) in [6.07, 6.45) is -0.101. The zero-order chi connectivity index (χ0) is 8.15. The minimum Gasteiger partial charge on any atom is -0.391 e. The Morgan fingerprint density at radius 1 is 1.20 bits per heavy atom. The second-order valence-corrected chi connectivity index (χ2v) is 3.13. The van der Waals surface area contributed by atoms with Crippen molar-refractivity contribution < 1.29 is 9.84 Å². The number of hydrogen-bond acceptors (Lipinski definition) is 2. The Kier molecular flexibility index (Phi) is 4.65. The molecule has 0 aliphatic heterocycles. The number of ether oxygens (including phenoxy) is 1. The molecular weight excluding hydrogens is 128 g/mol. The highest BCUT2D eigenvalue weighted by Gasteiger charge is 2.07. The number of aliphatic hydroxyl groups excluding tert-OH is 1. The van der Waals surface area contributed by atoms with Crippen LogP contribution in [0.5, 0.6) is 0 Å². The highest BCUT2D eigenvalue weighted by molar-refractivity contribution is 4.55. The van der Waals surface area contributed by atoms with Crippen molar-refractivity contribution in [2.24, 2.45) is 5.92 Å². The van der Waals surface area contributed by atoms with Crippen LogP contribution < -0.4 is 0 Å². The molecule has 0 saturated carbocycles. The molecule has 0 saturated heterocycles. The van der Waals surface area contributed by atoms with Crippen molar-refractivity contribution in [1.82, 2.24) is 0 Å². The molecule has 2 nitrogen and oxygen atoms in total. The summed E-state index contributed by atoms with van der Waals surface area (Å²) in [6.45, 7) is 8.40. The summed E-state index contributed by atoms with van der Waals surface area (Å²) < 4.78 is 5.31. The lowest BCUT2D eigenvalue weighted by atomic mass is 10.1. The Morgan fingerprint density at radius 3 is 2.00 bits per heavy atom. The molecule has 0 amide bonds. The average Bonchev–Trinajstić information content (AvgIpc) is 1.82. The SMILES string of the molecule is CC(O)COC(C)C(C)C. The Morgan fingerprint density at radius 2 is 1.70 bits per heavy atom.